The molecule has 0 aliphatic carbocycles. The number of halogens is 1. The van der Waals surface area contributed by atoms with Crippen LogP contribution in [0.15, 0.2) is 46.9 Å². The zero-order valence-electron chi connectivity index (χ0n) is 13.9. The van der Waals surface area contributed by atoms with Crippen LogP contribution in [0.1, 0.15) is 28.3 Å². The van der Waals surface area contributed by atoms with Crippen molar-refractivity contribution in [2.75, 3.05) is 13.2 Å². The van der Waals surface area contributed by atoms with Crippen LogP contribution in [0.4, 0.5) is 5.69 Å². The van der Waals surface area contributed by atoms with Crippen molar-refractivity contribution in [1.82, 2.24) is 0 Å². The van der Waals surface area contributed by atoms with Gasteiger partial charge in [0, 0.05) is 33.7 Å². The normalized spacial score (nSPS) is 11.6. The Labute approximate surface area is 162 Å². The predicted molar refractivity (Wildman–Crippen MR) is 98.5 cm³/mol. The van der Waals surface area contributed by atoms with Gasteiger partial charge in [-0.25, -0.2) is 4.79 Å². The quantitative estimate of drug-likeness (QED) is 0.289. The molecule has 0 fully saturated rings. The van der Waals surface area contributed by atoms with Crippen molar-refractivity contribution in [3.8, 4) is 5.75 Å². The molecule has 142 valence electrons. The lowest BCUT2D eigenvalue weighted by Crippen LogP contribution is -2.17. The van der Waals surface area contributed by atoms with Crippen LogP contribution in [-0.2, 0) is 0 Å². The number of hydrogen-bond donors (Lipinski definition) is 1. The predicted octanol–water partition coefficient (Wildman–Crippen LogP) is 3.32. The van der Waals surface area contributed by atoms with Crippen LogP contribution in [0.2, 0.25) is 0 Å². The molecule has 2 rings (SSSR count). The molecule has 27 heavy (non-hydrogen) atoms. The smallest absolute Gasteiger partial charge is 0.343 e. The van der Waals surface area contributed by atoms with E-state index in [1.54, 1.807) is 12.1 Å². The van der Waals surface area contributed by atoms with Crippen molar-refractivity contribution in [1.29, 1.82) is 0 Å². The maximum Gasteiger partial charge on any atom is 0.343 e. The minimum Gasteiger partial charge on any atom is -0.423 e. The third kappa shape index (κ3) is 5.56. The molecule has 0 spiro atoms. The molecule has 0 radical (unpaired) electrons. The van der Waals surface area contributed by atoms with Gasteiger partial charge in [-0.3, -0.25) is 20.2 Å². The highest BCUT2D eigenvalue weighted by molar-refractivity contribution is 9.10. The molecule has 0 unspecified atom stereocenters. The number of aliphatic hydroxyl groups excluding tert-OH is 1. The average molecular weight is 439 g/mol. The van der Waals surface area contributed by atoms with Crippen LogP contribution in [0.5, 0.6) is 5.75 Å². The van der Waals surface area contributed by atoms with Crippen LogP contribution in [-0.4, -0.2) is 34.1 Å². The highest BCUT2D eigenvalue weighted by Crippen LogP contribution is 2.32. The summed E-state index contributed by atoms with van der Waals surface area (Å²) in [5, 5.41) is 30.8. The first kappa shape index (κ1) is 20.5. The Bertz CT molecular complexity index is 855. The molecule has 0 aliphatic heterocycles. The van der Waals surface area contributed by atoms with Gasteiger partial charge in [-0.1, -0.05) is 15.9 Å². The highest BCUT2D eigenvalue weighted by Gasteiger charge is 2.23. The van der Waals surface area contributed by atoms with Crippen molar-refractivity contribution in [3.63, 3.8) is 0 Å². The van der Waals surface area contributed by atoms with Crippen molar-refractivity contribution in [2.24, 2.45) is 0 Å². The van der Waals surface area contributed by atoms with Gasteiger partial charge < -0.3 is 9.84 Å². The summed E-state index contributed by atoms with van der Waals surface area (Å²) in [7, 11) is 0. The molecule has 1 atom stereocenters. The van der Waals surface area contributed by atoms with Crippen LogP contribution >= 0.6 is 15.9 Å². The third-order valence-electron chi connectivity index (χ3n) is 3.78. The van der Waals surface area contributed by atoms with E-state index in [-0.39, 0.29) is 30.0 Å². The number of carbonyl (C=O) groups is 1. The summed E-state index contributed by atoms with van der Waals surface area (Å²) in [6.45, 7) is -0.695. The Hall–Kier alpha value is -2.85. The van der Waals surface area contributed by atoms with E-state index < -0.39 is 28.3 Å². The number of hydrogen-bond acceptors (Lipinski definition) is 7. The Morgan fingerprint density at radius 2 is 1.81 bits per heavy atom. The summed E-state index contributed by atoms with van der Waals surface area (Å²) in [4.78, 5) is 32.9. The van der Waals surface area contributed by atoms with E-state index in [4.69, 9.17) is 4.74 Å². The molecule has 0 heterocycles. The summed E-state index contributed by atoms with van der Waals surface area (Å²) in [6.07, 6.45) is 0.125. The fourth-order valence-electron chi connectivity index (χ4n) is 2.49. The molecule has 0 amide bonds. The van der Waals surface area contributed by atoms with Gasteiger partial charge in [0.15, 0.2) is 0 Å². The summed E-state index contributed by atoms with van der Waals surface area (Å²) in [5.74, 6) is -1.28. The molecule has 2 aromatic carbocycles. The SMILES string of the molecule is O=C(Oc1ccc(Br)cc1[C@H](CCO)C[N+](=O)[O-])c1ccc([N+](=O)[O-])cc1. The van der Waals surface area contributed by atoms with Gasteiger partial charge >= 0.3 is 5.97 Å². The number of rotatable bonds is 8. The van der Waals surface area contributed by atoms with Crippen molar-refractivity contribution in [3.05, 3.63) is 78.3 Å². The summed E-state index contributed by atoms with van der Waals surface area (Å²) in [6, 6.07) is 9.60. The van der Waals surface area contributed by atoms with E-state index in [0.29, 0.717) is 10.0 Å². The maximum absolute atomic E-state index is 12.3. The first-order valence-electron chi connectivity index (χ1n) is 7.80. The van der Waals surface area contributed by atoms with Crippen LogP contribution in [0, 0.1) is 20.2 Å². The fraction of sp³-hybridized carbons (Fsp3) is 0.235. The van der Waals surface area contributed by atoms with E-state index >= 15 is 0 Å². The molecule has 2 aromatic rings. The molecular weight excluding hydrogens is 424 g/mol. The minimum atomic E-state index is -0.752. The van der Waals surface area contributed by atoms with Gasteiger partial charge in [0.1, 0.15) is 5.75 Å². The average Bonchev–Trinajstić information content (AvgIpc) is 2.62. The molecule has 10 heteroatoms. The molecule has 0 bridgehead atoms. The molecule has 0 aliphatic rings. The van der Waals surface area contributed by atoms with E-state index in [1.807, 2.05) is 0 Å². The van der Waals surface area contributed by atoms with Gasteiger partial charge in [-0.2, -0.15) is 0 Å². The lowest BCUT2D eigenvalue weighted by atomic mass is 9.95. The second-order valence-corrected chi connectivity index (χ2v) is 6.52. The first-order chi connectivity index (χ1) is 12.8. The lowest BCUT2D eigenvalue weighted by Gasteiger charge is -2.17. The molecular formula is C17H15BrN2O7. The number of benzene rings is 2. The van der Waals surface area contributed by atoms with Crippen molar-refractivity contribution >= 4 is 27.6 Å². The molecule has 0 aromatic heterocycles. The molecule has 1 N–H and O–H groups in total. The number of non-ortho nitro benzene ring substituents is 1. The zero-order valence-corrected chi connectivity index (χ0v) is 15.5. The molecule has 0 saturated carbocycles. The third-order valence-corrected chi connectivity index (χ3v) is 4.27. The van der Waals surface area contributed by atoms with Gasteiger partial charge in [0.2, 0.25) is 6.54 Å². The topological polar surface area (TPSA) is 133 Å². The van der Waals surface area contributed by atoms with E-state index in [9.17, 15) is 30.1 Å². The lowest BCUT2D eigenvalue weighted by molar-refractivity contribution is -0.483. The summed E-state index contributed by atoms with van der Waals surface area (Å²) >= 11 is 3.28. The van der Waals surface area contributed by atoms with Crippen LogP contribution < -0.4 is 4.74 Å². The van der Waals surface area contributed by atoms with Gasteiger partial charge in [-0.05, 0) is 36.8 Å². The fourth-order valence-corrected chi connectivity index (χ4v) is 2.87. The maximum atomic E-state index is 12.3. The van der Waals surface area contributed by atoms with Gasteiger partial charge in [-0.15, -0.1) is 0 Å². The van der Waals surface area contributed by atoms with E-state index in [0.717, 1.165) is 0 Å². The second-order valence-electron chi connectivity index (χ2n) is 5.60. The Morgan fingerprint density at radius 3 is 2.37 bits per heavy atom. The van der Waals surface area contributed by atoms with Crippen molar-refractivity contribution in [2.45, 2.75) is 12.3 Å². The summed E-state index contributed by atoms with van der Waals surface area (Å²) in [5.41, 5.74) is 0.345. The van der Waals surface area contributed by atoms with Crippen LogP contribution in [0.3, 0.4) is 0 Å². The van der Waals surface area contributed by atoms with E-state index in [1.165, 1.54) is 30.3 Å². The molecule has 9 nitrogen and oxygen atoms in total. The Morgan fingerprint density at radius 1 is 1.15 bits per heavy atom. The number of aliphatic hydroxyl groups is 1. The highest BCUT2D eigenvalue weighted by atomic mass is 79.9. The first-order valence-corrected chi connectivity index (χ1v) is 8.60. The van der Waals surface area contributed by atoms with Gasteiger partial charge in [0.25, 0.3) is 5.69 Å². The number of esters is 1. The minimum absolute atomic E-state index is 0.0995. The van der Waals surface area contributed by atoms with Gasteiger partial charge in [0.05, 0.1) is 16.4 Å². The molecule has 0 saturated heterocycles. The second kappa shape index (κ2) is 9.19. The van der Waals surface area contributed by atoms with Crippen molar-refractivity contribution < 1.29 is 24.5 Å². The summed E-state index contributed by atoms with van der Waals surface area (Å²) < 4.78 is 6.00. The Kier molecular flexibility index (Phi) is 6.97. The standard InChI is InChI=1S/C17H15BrN2O7/c18-13-3-6-16(15(9-13)12(7-8-21)10-19(23)24)27-17(22)11-1-4-14(5-2-11)20(25)26/h1-6,9,12,21H,7-8,10H2/t12-/m1/s1. The Balaban J connectivity index is 2.30. The zero-order chi connectivity index (χ0) is 20.0. The van der Waals surface area contributed by atoms with E-state index in [2.05, 4.69) is 15.9 Å². The number of nitrogens with zero attached hydrogens (tertiary/aromatic N) is 2. The monoisotopic (exact) mass is 438 g/mol. The number of nitro groups is 2. The largest absolute Gasteiger partial charge is 0.423 e. The van der Waals surface area contributed by atoms with Crippen LogP contribution in [0.25, 0.3) is 0 Å². The number of nitro benzene ring substituents is 1. The number of carbonyl (C=O) groups excluding carboxylic acids is 1. The number of ether oxygens (including phenoxy) is 1.